The summed E-state index contributed by atoms with van der Waals surface area (Å²) in [5.74, 6) is 0.584. The molecule has 2 heterocycles. The highest BCUT2D eigenvalue weighted by Gasteiger charge is 2.33. The van der Waals surface area contributed by atoms with Crippen molar-refractivity contribution in [1.82, 2.24) is 9.79 Å². The summed E-state index contributed by atoms with van der Waals surface area (Å²) in [6.07, 6.45) is 2.55. The molecule has 1 aromatic heterocycles. The number of hydrogen-bond acceptors (Lipinski definition) is 5. The number of halogens is 1. The van der Waals surface area contributed by atoms with Gasteiger partial charge in [-0.15, -0.1) is 0 Å². The molecule has 1 saturated heterocycles. The third-order valence-corrected chi connectivity index (χ3v) is 3.51. The molecular weight excluding hydrogens is 254 g/mol. The van der Waals surface area contributed by atoms with Gasteiger partial charge < -0.3 is 19.7 Å². The molecule has 0 amide bonds. The summed E-state index contributed by atoms with van der Waals surface area (Å²) in [6.45, 7) is 2.98. The molecule has 2 N–H and O–H groups in total. The predicted octanol–water partition coefficient (Wildman–Crippen LogP) is 0.791. The van der Waals surface area contributed by atoms with Gasteiger partial charge in [0.1, 0.15) is 17.5 Å². The SMILES string of the molecule is CB(O)N1CC[C@H]1COc1cnc(Cl)c(CO)c1. The van der Waals surface area contributed by atoms with Crippen LogP contribution in [0.2, 0.25) is 12.0 Å². The fourth-order valence-corrected chi connectivity index (χ4v) is 2.15. The van der Waals surface area contributed by atoms with E-state index in [-0.39, 0.29) is 12.6 Å². The minimum Gasteiger partial charge on any atom is -0.490 e. The molecule has 0 radical (unpaired) electrons. The van der Waals surface area contributed by atoms with Crippen LogP contribution in [0.25, 0.3) is 0 Å². The van der Waals surface area contributed by atoms with Gasteiger partial charge >= 0.3 is 7.05 Å². The number of nitrogens with zero attached hydrogens (tertiary/aromatic N) is 2. The Labute approximate surface area is 111 Å². The average Bonchev–Trinajstić information content (AvgIpc) is 2.29. The van der Waals surface area contributed by atoms with Crippen LogP contribution in [-0.2, 0) is 6.61 Å². The molecule has 1 fully saturated rings. The molecule has 1 aromatic rings. The fourth-order valence-electron chi connectivity index (χ4n) is 1.99. The van der Waals surface area contributed by atoms with Gasteiger partial charge in [-0.25, -0.2) is 4.98 Å². The second kappa shape index (κ2) is 5.88. The Hall–Kier alpha value is -0.815. The van der Waals surface area contributed by atoms with Gasteiger partial charge in [-0.3, -0.25) is 0 Å². The maximum absolute atomic E-state index is 9.47. The van der Waals surface area contributed by atoms with Crippen LogP contribution < -0.4 is 4.74 Å². The van der Waals surface area contributed by atoms with E-state index in [1.807, 2.05) is 4.81 Å². The van der Waals surface area contributed by atoms with E-state index in [1.54, 1.807) is 12.9 Å². The van der Waals surface area contributed by atoms with Crippen molar-refractivity contribution in [3.05, 3.63) is 23.0 Å². The van der Waals surface area contributed by atoms with Crippen molar-refractivity contribution in [2.75, 3.05) is 13.2 Å². The molecule has 1 aliphatic rings. The Morgan fingerprint density at radius 2 is 2.44 bits per heavy atom. The van der Waals surface area contributed by atoms with E-state index in [1.165, 1.54) is 6.20 Å². The predicted molar refractivity (Wildman–Crippen MR) is 69.6 cm³/mol. The summed E-state index contributed by atoms with van der Waals surface area (Å²) in [4.78, 5) is 5.91. The van der Waals surface area contributed by atoms with Crippen LogP contribution in [0.5, 0.6) is 5.75 Å². The zero-order chi connectivity index (χ0) is 13.1. The largest absolute Gasteiger partial charge is 0.490 e. The number of rotatable bonds is 5. The molecule has 0 spiro atoms. The maximum Gasteiger partial charge on any atom is 0.376 e. The molecule has 0 aromatic carbocycles. The monoisotopic (exact) mass is 270 g/mol. The molecule has 18 heavy (non-hydrogen) atoms. The molecule has 1 aliphatic heterocycles. The molecule has 0 saturated carbocycles. The summed E-state index contributed by atoms with van der Waals surface area (Å²) < 4.78 is 5.60. The number of aromatic nitrogens is 1. The van der Waals surface area contributed by atoms with Crippen LogP contribution in [0, 0.1) is 0 Å². The number of aliphatic hydroxyl groups excluding tert-OH is 1. The standard InChI is InChI=1S/C11H16BClN2O3/c1-12(17)15-3-2-9(15)7-18-10-4-8(6-16)11(13)14-5-10/h4-5,9,16-17H,2-3,6-7H2,1H3/t9-/m0/s1. The smallest absolute Gasteiger partial charge is 0.376 e. The van der Waals surface area contributed by atoms with E-state index in [4.69, 9.17) is 21.4 Å². The maximum atomic E-state index is 9.47. The first-order chi connectivity index (χ1) is 8.61. The van der Waals surface area contributed by atoms with Crippen molar-refractivity contribution in [2.45, 2.75) is 25.9 Å². The zero-order valence-electron chi connectivity index (χ0n) is 10.2. The van der Waals surface area contributed by atoms with Gasteiger partial charge in [0.15, 0.2) is 0 Å². The normalized spacial score (nSPS) is 19.4. The van der Waals surface area contributed by atoms with Crippen molar-refractivity contribution in [1.29, 1.82) is 0 Å². The van der Waals surface area contributed by atoms with Crippen LogP contribution in [0.4, 0.5) is 0 Å². The quantitative estimate of drug-likeness (QED) is 0.612. The average molecular weight is 271 g/mol. The fraction of sp³-hybridized carbons (Fsp3) is 0.545. The lowest BCUT2D eigenvalue weighted by atomic mass is 9.78. The molecule has 0 bridgehead atoms. The van der Waals surface area contributed by atoms with Crippen molar-refractivity contribution in [3.63, 3.8) is 0 Å². The van der Waals surface area contributed by atoms with Crippen molar-refractivity contribution < 1.29 is 14.9 Å². The highest BCUT2D eigenvalue weighted by Crippen LogP contribution is 2.22. The van der Waals surface area contributed by atoms with Crippen LogP contribution in [0.15, 0.2) is 12.3 Å². The van der Waals surface area contributed by atoms with Crippen LogP contribution >= 0.6 is 11.6 Å². The summed E-state index contributed by atoms with van der Waals surface area (Å²) >= 11 is 5.79. The summed E-state index contributed by atoms with van der Waals surface area (Å²) in [5, 5.41) is 18.8. The molecule has 98 valence electrons. The molecular formula is C11H16BClN2O3. The van der Waals surface area contributed by atoms with E-state index in [0.717, 1.165) is 13.0 Å². The number of pyridine rings is 1. The molecule has 1 atom stereocenters. The first-order valence-corrected chi connectivity index (χ1v) is 6.31. The van der Waals surface area contributed by atoms with Gasteiger partial charge in [0.25, 0.3) is 0 Å². The van der Waals surface area contributed by atoms with Crippen molar-refractivity contribution in [3.8, 4) is 5.75 Å². The number of aliphatic hydroxyl groups is 1. The number of hydrogen-bond donors (Lipinski definition) is 2. The van der Waals surface area contributed by atoms with E-state index in [9.17, 15) is 5.02 Å². The minimum atomic E-state index is -0.441. The van der Waals surface area contributed by atoms with Gasteiger partial charge in [-0.05, 0) is 25.9 Å². The minimum absolute atomic E-state index is 0.160. The van der Waals surface area contributed by atoms with Crippen LogP contribution in [0.1, 0.15) is 12.0 Å². The Balaban J connectivity index is 1.90. The Morgan fingerprint density at radius 3 is 3.00 bits per heavy atom. The number of ether oxygens (including phenoxy) is 1. The van der Waals surface area contributed by atoms with E-state index in [0.29, 0.717) is 23.1 Å². The third-order valence-electron chi connectivity index (χ3n) is 3.17. The molecule has 2 rings (SSSR count). The van der Waals surface area contributed by atoms with Gasteiger partial charge in [0.2, 0.25) is 0 Å². The van der Waals surface area contributed by atoms with Gasteiger partial charge in [0, 0.05) is 11.6 Å². The van der Waals surface area contributed by atoms with Gasteiger partial charge in [-0.2, -0.15) is 0 Å². The Bertz CT molecular complexity index is 419. The summed E-state index contributed by atoms with van der Waals surface area (Å²) in [7, 11) is -0.441. The highest BCUT2D eigenvalue weighted by molar-refractivity contribution is 6.45. The lowest BCUT2D eigenvalue weighted by Crippen LogP contribution is -2.57. The Kier molecular flexibility index (Phi) is 4.45. The summed E-state index contributed by atoms with van der Waals surface area (Å²) in [6, 6.07) is 1.92. The second-order valence-corrected chi connectivity index (χ2v) is 4.76. The summed E-state index contributed by atoms with van der Waals surface area (Å²) in [5.41, 5.74) is 0.551. The van der Waals surface area contributed by atoms with Gasteiger partial charge in [0.05, 0.1) is 12.8 Å². The Morgan fingerprint density at radius 1 is 1.67 bits per heavy atom. The van der Waals surface area contributed by atoms with Crippen molar-refractivity contribution in [2.24, 2.45) is 0 Å². The molecule has 7 heteroatoms. The van der Waals surface area contributed by atoms with E-state index < -0.39 is 7.05 Å². The van der Waals surface area contributed by atoms with Gasteiger partial charge in [-0.1, -0.05) is 11.6 Å². The lowest BCUT2D eigenvalue weighted by molar-refractivity contribution is 0.110. The van der Waals surface area contributed by atoms with E-state index >= 15 is 0 Å². The van der Waals surface area contributed by atoms with Crippen LogP contribution in [0.3, 0.4) is 0 Å². The third kappa shape index (κ3) is 2.95. The topological polar surface area (TPSA) is 65.8 Å². The van der Waals surface area contributed by atoms with Crippen LogP contribution in [-0.4, -0.2) is 46.2 Å². The second-order valence-electron chi connectivity index (χ2n) is 4.40. The molecule has 0 aliphatic carbocycles. The first kappa shape index (κ1) is 13.6. The molecule has 5 nitrogen and oxygen atoms in total. The van der Waals surface area contributed by atoms with E-state index in [2.05, 4.69) is 4.98 Å². The highest BCUT2D eigenvalue weighted by atomic mass is 35.5. The molecule has 0 unspecified atom stereocenters. The lowest BCUT2D eigenvalue weighted by Gasteiger charge is -2.41. The first-order valence-electron chi connectivity index (χ1n) is 5.93. The zero-order valence-corrected chi connectivity index (χ0v) is 11.0. The van der Waals surface area contributed by atoms with Crippen molar-refractivity contribution >= 4 is 18.7 Å².